The van der Waals surface area contributed by atoms with Crippen LogP contribution in [-0.4, -0.2) is 0 Å². The molecule has 0 unspecified atom stereocenters. The van der Waals surface area contributed by atoms with Gasteiger partial charge in [-0.15, -0.1) is 0 Å². The van der Waals surface area contributed by atoms with Crippen molar-refractivity contribution in [3.05, 3.63) is 35.4 Å². The first-order valence-electron chi connectivity index (χ1n) is 5.84. The Hall–Kier alpha value is -0.780. The number of hydrogen-bond donors (Lipinski definition) is 0. The third-order valence-corrected chi connectivity index (χ3v) is 3.63. The SMILES string of the molecule is CC(C)C1CCc2ccccc2CC1. The Labute approximate surface area is 87.3 Å². The summed E-state index contributed by atoms with van der Waals surface area (Å²) in [5.41, 5.74) is 3.19. The molecule has 76 valence electrons. The van der Waals surface area contributed by atoms with Crippen molar-refractivity contribution in [3.8, 4) is 0 Å². The fourth-order valence-electron chi connectivity index (χ4n) is 2.54. The largest absolute Gasteiger partial charge is 0.0625 e. The van der Waals surface area contributed by atoms with Gasteiger partial charge in [0.2, 0.25) is 0 Å². The lowest BCUT2D eigenvalue weighted by molar-refractivity contribution is 0.345. The maximum atomic E-state index is 2.36. The maximum Gasteiger partial charge on any atom is -0.0273 e. The minimum absolute atomic E-state index is 0.851. The molecule has 0 saturated heterocycles. The van der Waals surface area contributed by atoms with Crippen molar-refractivity contribution >= 4 is 0 Å². The smallest absolute Gasteiger partial charge is 0.0273 e. The van der Waals surface area contributed by atoms with Crippen LogP contribution in [0, 0.1) is 11.8 Å². The van der Waals surface area contributed by atoms with Gasteiger partial charge in [0.1, 0.15) is 0 Å². The highest BCUT2D eigenvalue weighted by Crippen LogP contribution is 2.28. The Morgan fingerprint density at radius 1 is 1.00 bits per heavy atom. The van der Waals surface area contributed by atoms with E-state index in [0.717, 1.165) is 11.8 Å². The van der Waals surface area contributed by atoms with E-state index in [1.807, 2.05) is 0 Å². The summed E-state index contributed by atoms with van der Waals surface area (Å²) in [5.74, 6) is 1.78. The molecule has 1 aliphatic rings. The van der Waals surface area contributed by atoms with Gasteiger partial charge in [-0.1, -0.05) is 38.1 Å². The Morgan fingerprint density at radius 2 is 1.50 bits per heavy atom. The van der Waals surface area contributed by atoms with Crippen LogP contribution in [0.5, 0.6) is 0 Å². The molecule has 1 aliphatic carbocycles. The fraction of sp³-hybridized carbons (Fsp3) is 0.571. The quantitative estimate of drug-likeness (QED) is 0.587. The molecule has 0 N–H and O–H groups in total. The number of benzene rings is 1. The van der Waals surface area contributed by atoms with E-state index < -0.39 is 0 Å². The molecular formula is C14H20. The fourth-order valence-corrected chi connectivity index (χ4v) is 2.54. The van der Waals surface area contributed by atoms with Crippen molar-refractivity contribution < 1.29 is 0 Å². The van der Waals surface area contributed by atoms with Crippen LogP contribution in [0.2, 0.25) is 0 Å². The zero-order valence-electron chi connectivity index (χ0n) is 9.29. The van der Waals surface area contributed by atoms with Gasteiger partial charge in [0, 0.05) is 0 Å². The van der Waals surface area contributed by atoms with Crippen LogP contribution in [-0.2, 0) is 12.8 Å². The molecule has 1 aromatic rings. The molecule has 0 heterocycles. The molecule has 0 saturated carbocycles. The zero-order valence-corrected chi connectivity index (χ0v) is 9.29. The van der Waals surface area contributed by atoms with Crippen molar-refractivity contribution in [1.29, 1.82) is 0 Å². The second-order valence-electron chi connectivity index (χ2n) is 4.85. The molecule has 0 nitrogen and oxygen atoms in total. The molecule has 0 heteroatoms. The molecule has 0 aromatic heterocycles. The minimum atomic E-state index is 0.851. The van der Waals surface area contributed by atoms with Gasteiger partial charge < -0.3 is 0 Å². The van der Waals surface area contributed by atoms with E-state index in [1.165, 1.54) is 25.7 Å². The molecule has 14 heavy (non-hydrogen) atoms. The minimum Gasteiger partial charge on any atom is -0.0625 e. The lowest BCUT2D eigenvalue weighted by Crippen LogP contribution is -2.08. The van der Waals surface area contributed by atoms with E-state index in [9.17, 15) is 0 Å². The highest BCUT2D eigenvalue weighted by Gasteiger charge is 2.17. The molecule has 0 radical (unpaired) electrons. The molecule has 0 spiro atoms. The molecule has 0 fully saturated rings. The maximum absolute atomic E-state index is 2.36. The van der Waals surface area contributed by atoms with Crippen LogP contribution < -0.4 is 0 Å². The van der Waals surface area contributed by atoms with Crippen LogP contribution in [0.25, 0.3) is 0 Å². The Kier molecular flexibility index (Phi) is 2.90. The number of rotatable bonds is 1. The monoisotopic (exact) mass is 188 g/mol. The van der Waals surface area contributed by atoms with E-state index >= 15 is 0 Å². The van der Waals surface area contributed by atoms with Gasteiger partial charge in [-0.3, -0.25) is 0 Å². The summed E-state index contributed by atoms with van der Waals surface area (Å²) < 4.78 is 0. The summed E-state index contributed by atoms with van der Waals surface area (Å²) in [6, 6.07) is 8.96. The average molecular weight is 188 g/mol. The van der Waals surface area contributed by atoms with Crippen LogP contribution in [0.1, 0.15) is 37.8 Å². The van der Waals surface area contributed by atoms with Gasteiger partial charge >= 0.3 is 0 Å². The van der Waals surface area contributed by atoms with Gasteiger partial charge in [-0.25, -0.2) is 0 Å². The molecular weight excluding hydrogens is 168 g/mol. The molecule has 1 aromatic carbocycles. The van der Waals surface area contributed by atoms with E-state index in [2.05, 4.69) is 38.1 Å². The third-order valence-electron chi connectivity index (χ3n) is 3.63. The van der Waals surface area contributed by atoms with Crippen LogP contribution in [0.15, 0.2) is 24.3 Å². The first-order chi connectivity index (χ1) is 6.77. The third kappa shape index (κ3) is 2.00. The summed E-state index contributed by atoms with van der Waals surface area (Å²) in [7, 11) is 0. The molecule has 0 amide bonds. The standard InChI is InChI=1S/C14H20/c1-11(2)12-7-9-13-5-3-4-6-14(13)10-8-12/h3-6,11-12H,7-10H2,1-2H3. The Balaban J connectivity index is 2.14. The summed E-state index contributed by atoms with van der Waals surface area (Å²) in [4.78, 5) is 0. The van der Waals surface area contributed by atoms with E-state index in [0.29, 0.717) is 0 Å². The molecule has 0 bridgehead atoms. The van der Waals surface area contributed by atoms with Crippen LogP contribution in [0.3, 0.4) is 0 Å². The van der Waals surface area contributed by atoms with Crippen LogP contribution in [0.4, 0.5) is 0 Å². The average Bonchev–Trinajstić information content (AvgIpc) is 2.39. The molecule has 0 atom stereocenters. The van der Waals surface area contributed by atoms with E-state index in [-0.39, 0.29) is 0 Å². The second kappa shape index (κ2) is 4.16. The Bertz CT molecular complexity index is 272. The van der Waals surface area contributed by atoms with Crippen LogP contribution >= 0.6 is 0 Å². The predicted octanol–water partition coefficient (Wildman–Crippen LogP) is 3.84. The van der Waals surface area contributed by atoms with Crippen molar-refractivity contribution in [2.45, 2.75) is 39.5 Å². The van der Waals surface area contributed by atoms with E-state index in [4.69, 9.17) is 0 Å². The van der Waals surface area contributed by atoms with Crippen molar-refractivity contribution in [3.63, 3.8) is 0 Å². The second-order valence-corrected chi connectivity index (χ2v) is 4.85. The highest BCUT2D eigenvalue weighted by molar-refractivity contribution is 5.28. The van der Waals surface area contributed by atoms with Crippen molar-refractivity contribution in [2.75, 3.05) is 0 Å². The lowest BCUT2D eigenvalue weighted by atomic mass is 9.88. The highest BCUT2D eigenvalue weighted by atomic mass is 14.2. The van der Waals surface area contributed by atoms with E-state index in [1.54, 1.807) is 11.1 Å². The first kappa shape index (κ1) is 9.76. The predicted molar refractivity (Wildman–Crippen MR) is 61.4 cm³/mol. The lowest BCUT2D eigenvalue weighted by Gasteiger charge is -2.17. The Morgan fingerprint density at radius 3 is 1.93 bits per heavy atom. The normalized spacial score (nSPS) is 17.9. The summed E-state index contributed by atoms with van der Waals surface area (Å²) in [5, 5.41) is 0. The van der Waals surface area contributed by atoms with Crippen molar-refractivity contribution in [1.82, 2.24) is 0 Å². The first-order valence-corrected chi connectivity index (χ1v) is 5.84. The van der Waals surface area contributed by atoms with Gasteiger partial charge in [0.05, 0.1) is 0 Å². The number of fused-ring (bicyclic) bond motifs is 1. The van der Waals surface area contributed by atoms with Gasteiger partial charge in [-0.05, 0) is 48.6 Å². The molecule has 0 aliphatic heterocycles. The summed E-state index contributed by atoms with van der Waals surface area (Å²) in [6.45, 7) is 4.72. The van der Waals surface area contributed by atoms with Crippen molar-refractivity contribution in [2.24, 2.45) is 11.8 Å². The summed E-state index contributed by atoms with van der Waals surface area (Å²) in [6.07, 6.45) is 5.35. The van der Waals surface area contributed by atoms with Gasteiger partial charge in [-0.2, -0.15) is 0 Å². The van der Waals surface area contributed by atoms with Gasteiger partial charge in [0.15, 0.2) is 0 Å². The molecule has 2 rings (SSSR count). The number of hydrogen-bond acceptors (Lipinski definition) is 0. The number of aryl methyl sites for hydroxylation is 2. The van der Waals surface area contributed by atoms with Gasteiger partial charge in [0.25, 0.3) is 0 Å². The summed E-state index contributed by atoms with van der Waals surface area (Å²) >= 11 is 0. The zero-order chi connectivity index (χ0) is 9.97. The topological polar surface area (TPSA) is 0 Å².